The lowest BCUT2D eigenvalue weighted by atomic mass is 10.1. The van der Waals surface area contributed by atoms with Gasteiger partial charge in [-0.25, -0.2) is 4.79 Å². The molecular formula is C13H15ClF3NO3. The van der Waals surface area contributed by atoms with Crippen LogP contribution in [0.4, 0.5) is 23.7 Å². The van der Waals surface area contributed by atoms with Crippen molar-refractivity contribution in [3.05, 3.63) is 28.8 Å². The first-order valence-electron chi connectivity index (χ1n) is 5.94. The molecule has 0 spiro atoms. The second-order valence-corrected chi connectivity index (χ2v) is 5.71. The molecule has 0 saturated heterocycles. The average molecular weight is 326 g/mol. The normalized spacial score (nSPS) is 13.7. The molecule has 118 valence electrons. The molecule has 0 fully saturated rings. The number of carbonyl (C=O) groups is 1. The predicted molar refractivity (Wildman–Crippen MR) is 72.3 cm³/mol. The maximum absolute atomic E-state index is 12.5. The van der Waals surface area contributed by atoms with E-state index >= 15 is 0 Å². The van der Waals surface area contributed by atoms with E-state index in [4.69, 9.17) is 16.3 Å². The first-order chi connectivity index (χ1) is 9.40. The maximum atomic E-state index is 12.5. The molecule has 1 aromatic carbocycles. The van der Waals surface area contributed by atoms with Crippen LogP contribution in [-0.2, 0) is 4.74 Å². The van der Waals surface area contributed by atoms with Gasteiger partial charge in [0, 0.05) is 16.3 Å². The zero-order chi connectivity index (χ0) is 16.4. The molecule has 0 bridgehead atoms. The van der Waals surface area contributed by atoms with Gasteiger partial charge in [-0.2, -0.15) is 13.2 Å². The van der Waals surface area contributed by atoms with Gasteiger partial charge in [-0.05, 0) is 39.0 Å². The number of halogens is 4. The Morgan fingerprint density at radius 1 is 1.33 bits per heavy atom. The summed E-state index contributed by atoms with van der Waals surface area (Å²) in [5, 5.41) is 11.2. The van der Waals surface area contributed by atoms with E-state index in [9.17, 15) is 23.1 Å². The van der Waals surface area contributed by atoms with Gasteiger partial charge in [-0.1, -0.05) is 11.6 Å². The fourth-order valence-corrected chi connectivity index (χ4v) is 1.65. The highest BCUT2D eigenvalue weighted by Crippen LogP contribution is 2.37. The van der Waals surface area contributed by atoms with E-state index in [1.54, 1.807) is 20.8 Å². The van der Waals surface area contributed by atoms with Gasteiger partial charge in [0.05, 0.1) is 0 Å². The van der Waals surface area contributed by atoms with Crippen LogP contribution < -0.4 is 5.32 Å². The number of nitrogens with one attached hydrogen (secondary N) is 1. The van der Waals surface area contributed by atoms with Crippen LogP contribution in [-0.4, -0.2) is 23.0 Å². The van der Waals surface area contributed by atoms with Crippen LogP contribution in [0, 0.1) is 0 Å². The van der Waals surface area contributed by atoms with Gasteiger partial charge in [0.25, 0.3) is 0 Å². The third-order valence-corrected chi connectivity index (χ3v) is 2.59. The third-order valence-electron chi connectivity index (χ3n) is 2.25. The van der Waals surface area contributed by atoms with E-state index in [1.807, 2.05) is 0 Å². The lowest BCUT2D eigenvalue weighted by Crippen LogP contribution is -2.27. The number of alkyl halides is 3. The van der Waals surface area contributed by atoms with Crippen molar-refractivity contribution < 1.29 is 27.8 Å². The van der Waals surface area contributed by atoms with Gasteiger partial charge in [-0.3, -0.25) is 5.32 Å². The highest BCUT2D eigenvalue weighted by atomic mass is 35.5. The van der Waals surface area contributed by atoms with Gasteiger partial charge < -0.3 is 9.84 Å². The Morgan fingerprint density at radius 2 is 1.90 bits per heavy atom. The molecule has 21 heavy (non-hydrogen) atoms. The Labute approximate surface area is 124 Å². The molecule has 1 amide bonds. The number of rotatable bonds is 2. The van der Waals surface area contributed by atoms with E-state index < -0.39 is 29.5 Å². The summed E-state index contributed by atoms with van der Waals surface area (Å²) in [6.07, 6.45) is -8.41. The van der Waals surface area contributed by atoms with Crippen LogP contribution in [0.1, 0.15) is 32.4 Å². The van der Waals surface area contributed by atoms with Crippen molar-refractivity contribution >= 4 is 23.4 Å². The summed E-state index contributed by atoms with van der Waals surface area (Å²) in [4.78, 5) is 11.5. The number of anilines is 1. The second kappa shape index (κ2) is 6.11. The van der Waals surface area contributed by atoms with Crippen molar-refractivity contribution in [1.82, 2.24) is 0 Å². The van der Waals surface area contributed by atoms with Crippen LogP contribution in [0.3, 0.4) is 0 Å². The molecule has 0 saturated carbocycles. The van der Waals surface area contributed by atoms with E-state index in [0.717, 1.165) is 12.1 Å². The van der Waals surface area contributed by atoms with Crippen LogP contribution in [0.5, 0.6) is 0 Å². The van der Waals surface area contributed by atoms with Crippen molar-refractivity contribution in [2.45, 2.75) is 38.7 Å². The minimum Gasteiger partial charge on any atom is -0.444 e. The fourth-order valence-electron chi connectivity index (χ4n) is 1.43. The Kier molecular flexibility index (Phi) is 5.11. The van der Waals surface area contributed by atoms with Crippen LogP contribution in [0.15, 0.2) is 18.2 Å². The molecule has 1 aromatic rings. The van der Waals surface area contributed by atoms with E-state index in [0.29, 0.717) is 0 Å². The van der Waals surface area contributed by atoms with Gasteiger partial charge >= 0.3 is 12.3 Å². The van der Waals surface area contributed by atoms with Crippen molar-refractivity contribution in [3.8, 4) is 0 Å². The van der Waals surface area contributed by atoms with Gasteiger partial charge in [0.1, 0.15) is 5.60 Å². The molecule has 1 rings (SSSR count). The molecule has 1 atom stereocenters. The smallest absolute Gasteiger partial charge is 0.418 e. The monoisotopic (exact) mass is 325 g/mol. The van der Waals surface area contributed by atoms with E-state index in [1.165, 1.54) is 6.07 Å². The largest absolute Gasteiger partial charge is 0.444 e. The molecule has 4 nitrogen and oxygen atoms in total. The molecule has 0 aliphatic carbocycles. The highest BCUT2D eigenvalue weighted by molar-refractivity contribution is 6.31. The first-order valence-corrected chi connectivity index (χ1v) is 6.32. The molecule has 1 unspecified atom stereocenters. The standard InChI is InChI=1S/C13H15ClF3NO3/c1-12(2,3)21-11(20)18-7-4-5-9(14)8(6-7)10(19)13(15,16)17/h4-6,10,19H,1-3H3,(H,18,20). The van der Waals surface area contributed by atoms with E-state index in [2.05, 4.69) is 5.32 Å². The summed E-state index contributed by atoms with van der Waals surface area (Å²) >= 11 is 5.64. The number of aliphatic hydroxyl groups is 1. The minimum atomic E-state index is -4.85. The summed E-state index contributed by atoms with van der Waals surface area (Å²) < 4.78 is 42.5. The Balaban J connectivity index is 2.95. The fraction of sp³-hybridized carbons (Fsp3) is 0.462. The van der Waals surface area contributed by atoms with Crippen molar-refractivity contribution in [2.24, 2.45) is 0 Å². The van der Waals surface area contributed by atoms with Crippen molar-refractivity contribution in [3.63, 3.8) is 0 Å². The number of ether oxygens (including phenoxy) is 1. The number of aliphatic hydroxyl groups excluding tert-OH is 1. The zero-order valence-electron chi connectivity index (χ0n) is 11.6. The SMILES string of the molecule is CC(C)(C)OC(=O)Nc1ccc(Cl)c(C(O)C(F)(F)F)c1. The van der Waals surface area contributed by atoms with Crippen LogP contribution in [0.25, 0.3) is 0 Å². The maximum Gasteiger partial charge on any atom is 0.418 e. The van der Waals surface area contributed by atoms with Crippen LogP contribution >= 0.6 is 11.6 Å². The quantitative estimate of drug-likeness (QED) is 0.853. The van der Waals surface area contributed by atoms with Gasteiger partial charge in [0.15, 0.2) is 6.10 Å². The zero-order valence-corrected chi connectivity index (χ0v) is 12.3. The highest BCUT2D eigenvalue weighted by Gasteiger charge is 2.40. The predicted octanol–water partition coefficient (Wildman–Crippen LogP) is 4.28. The van der Waals surface area contributed by atoms with Gasteiger partial charge in [-0.15, -0.1) is 0 Å². The Bertz CT molecular complexity index is 526. The Morgan fingerprint density at radius 3 is 2.38 bits per heavy atom. The van der Waals surface area contributed by atoms with Crippen molar-refractivity contribution in [2.75, 3.05) is 5.32 Å². The topological polar surface area (TPSA) is 58.6 Å². The average Bonchev–Trinajstić information content (AvgIpc) is 2.27. The molecular weight excluding hydrogens is 311 g/mol. The minimum absolute atomic E-state index is 0.0342. The number of amides is 1. The van der Waals surface area contributed by atoms with Crippen LogP contribution in [0.2, 0.25) is 5.02 Å². The summed E-state index contributed by atoms with van der Waals surface area (Å²) in [7, 11) is 0. The molecule has 0 aliphatic rings. The number of hydrogen-bond donors (Lipinski definition) is 2. The number of carbonyl (C=O) groups excluding carboxylic acids is 1. The summed E-state index contributed by atoms with van der Waals surface area (Å²) in [6.45, 7) is 4.94. The number of hydrogen-bond acceptors (Lipinski definition) is 3. The molecule has 0 aromatic heterocycles. The summed E-state index contributed by atoms with van der Waals surface area (Å²) in [6, 6.07) is 3.40. The lowest BCUT2D eigenvalue weighted by Gasteiger charge is -2.20. The van der Waals surface area contributed by atoms with Crippen molar-refractivity contribution in [1.29, 1.82) is 0 Å². The second-order valence-electron chi connectivity index (χ2n) is 5.31. The number of benzene rings is 1. The molecule has 0 aliphatic heterocycles. The lowest BCUT2D eigenvalue weighted by molar-refractivity contribution is -0.206. The molecule has 8 heteroatoms. The third kappa shape index (κ3) is 5.43. The Hall–Kier alpha value is -1.47. The summed E-state index contributed by atoms with van der Waals surface area (Å²) in [5.74, 6) is 0. The first kappa shape index (κ1) is 17.6. The molecule has 0 radical (unpaired) electrons. The van der Waals surface area contributed by atoms with E-state index in [-0.39, 0.29) is 10.7 Å². The molecule has 2 N–H and O–H groups in total. The van der Waals surface area contributed by atoms with Gasteiger partial charge in [0.2, 0.25) is 0 Å². The molecule has 0 heterocycles. The summed E-state index contributed by atoms with van der Waals surface area (Å²) in [5.41, 5.74) is -1.25.